The van der Waals surface area contributed by atoms with E-state index in [1.165, 1.54) is 0 Å². The zero-order valence-corrected chi connectivity index (χ0v) is 16.0. The molecule has 0 atom stereocenters. The first-order chi connectivity index (χ1) is 13.5. The van der Waals surface area contributed by atoms with Gasteiger partial charge in [0, 0.05) is 16.9 Å². The van der Waals surface area contributed by atoms with Crippen molar-refractivity contribution in [2.24, 2.45) is 0 Å². The lowest BCUT2D eigenvalue weighted by atomic mass is 10.1. The van der Waals surface area contributed by atoms with Crippen molar-refractivity contribution in [3.8, 4) is 11.8 Å². The molecule has 3 aromatic rings. The summed E-state index contributed by atoms with van der Waals surface area (Å²) in [4.78, 5) is 24.6. The summed E-state index contributed by atoms with van der Waals surface area (Å²) >= 11 is 3.14. The quantitative estimate of drug-likeness (QED) is 0.590. The number of benzene rings is 2. The maximum absolute atomic E-state index is 12.5. The van der Waals surface area contributed by atoms with E-state index in [-0.39, 0.29) is 18.3 Å². The largest absolute Gasteiger partial charge is 0.479 e. The number of hydrogen-bond acceptors (Lipinski definition) is 5. The zero-order chi connectivity index (χ0) is 19.9. The van der Waals surface area contributed by atoms with Crippen LogP contribution in [-0.4, -0.2) is 18.4 Å². The lowest BCUT2D eigenvalue weighted by molar-refractivity contribution is 0.0992. The van der Waals surface area contributed by atoms with Crippen molar-refractivity contribution in [3.05, 3.63) is 76.7 Å². The summed E-state index contributed by atoms with van der Waals surface area (Å²) in [5.74, 6) is -0.0620. The minimum Gasteiger partial charge on any atom is -0.479 e. The Hall–Kier alpha value is -3.57. The van der Waals surface area contributed by atoms with Crippen molar-refractivity contribution < 1.29 is 18.7 Å². The van der Waals surface area contributed by atoms with E-state index in [4.69, 9.17) is 14.4 Å². The number of hydrogen-bond donors (Lipinski definition) is 2. The molecule has 28 heavy (non-hydrogen) atoms. The summed E-state index contributed by atoms with van der Waals surface area (Å²) in [6.07, 6.45) is 0. The minimum absolute atomic E-state index is 0.0425. The topological polar surface area (TPSA) is 104 Å². The summed E-state index contributed by atoms with van der Waals surface area (Å²) < 4.78 is 10.8. The highest BCUT2D eigenvalue weighted by Gasteiger charge is 2.12. The van der Waals surface area contributed by atoms with Gasteiger partial charge in [-0.05, 0) is 70.5 Å². The maximum Gasteiger partial charge on any atom is 0.291 e. The second-order valence-electron chi connectivity index (χ2n) is 5.56. The molecule has 1 aromatic heterocycles. The Morgan fingerprint density at radius 1 is 1.00 bits per heavy atom. The first kappa shape index (κ1) is 19.2. The van der Waals surface area contributed by atoms with Crippen molar-refractivity contribution in [3.63, 3.8) is 0 Å². The Bertz CT molecular complexity index is 1040. The maximum atomic E-state index is 12.5. The van der Waals surface area contributed by atoms with Crippen LogP contribution in [0.25, 0.3) is 0 Å². The van der Waals surface area contributed by atoms with Crippen molar-refractivity contribution in [1.82, 2.24) is 0 Å². The number of carbonyl (C=O) groups is 2. The average molecular weight is 440 g/mol. The standard InChI is InChI=1S/C20H14BrN3O4/c21-18-9-8-17(28-18)20(26)24-15-3-1-2-13(12-15)19(25)23-14-4-6-16(7-5-14)27-11-10-22/h1-9,12H,11H2,(H,23,25)(H,24,26). The van der Waals surface area contributed by atoms with E-state index in [0.717, 1.165) is 0 Å². The van der Waals surface area contributed by atoms with Crippen LogP contribution in [0, 0.1) is 11.3 Å². The molecule has 2 aromatic carbocycles. The molecule has 0 fully saturated rings. The summed E-state index contributed by atoms with van der Waals surface area (Å²) in [7, 11) is 0. The van der Waals surface area contributed by atoms with Crippen LogP contribution in [0.2, 0.25) is 0 Å². The molecular weight excluding hydrogens is 426 g/mol. The minimum atomic E-state index is -0.420. The number of nitrogens with one attached hydrogen (secondary N) is 2. The van der Waals surface area contributed by atoms with Crippen LogP contribution < -0.4 is 15.4 Å². The van der Waals surface area contributed by atoms with E-state index in [1.54, 1.807) is 60.7 Å². The molecule has 0 aliphatic rings. The Balaban J connectivity index is 1.65. The summed E-state index contributed by atoms with van der Waals surface area (Å²) in [5.41, 5.74) is 1.41. The van der Waals surface area contributed by atoms with E-state index >= 15 is 0 Å². The fraction of sp³-hybridized carbons (Fsp3) is 0.0500. The van der Waals surface area contributed by atoms with Crippen LogP contribution in [0.1, 0.15) is 20.9 Å². The second-order valence-corrected chi connectivity index (χ2v) is 6.35. The second kappa shape index (κ2) is 8.88. The fourth-order valence-corrected chi connectivity index (χ4v) is 2.63. The third-order valence-electron chi connectivity index (χ3n) is 3.60. The van der Waals surface area contributed by atoms with Gasteiger partial charge in [0.1, 0.15) is 11.8 Å². The predicted octanol–water partition coefficient (Wildman–Crippen LogP) is 4.45. The van der Waals surface area contributed by atoms with Gasteiger partial charge in [0.2, 0.25) is 0 Å². The molecule has 8 heteroatoms. The lowest BCUT2D eigenvalue weighted by Crippen LogP contribution is -2.14. The molecule has 0 unspecified atom stereocenters. The van der Waals surface area contributed by atoms with Gasteiger partial charge in [-0.15, -0.1) is 0 Å². The third-order valence-corrected chi connectivity index (χ3v) is 4.02. The third kappa shape index (κ3) is 4.99. The Morgan fingerprint density at radius 2 is 1.75 bits per heavy atom. The Morgan fingerprint density at radius 3 is 2.43 bits per heavy atom. The molecule has 0 radical (unpaired) electrons. The molecule has 0 saturated heterocycles. The molecule has 1 heterocycles. The molecule has 7 nitrogen and oxygen atoms in total. The molecule has 0 bridgehead atoms. The number of rotatable bonds is 6. The number of nitrogens with zero attached hydrogens (tertiary/aromatic N) is 1. The van der Waals surface area contributed by atoms with E-state index in [1.807, 2.05) is 6.07 Å². The highest BCUT2D eigenvalue weighted by Crippen LogP contribution is 2.19. The average Bonchev–Trinajstić information content (AvgIpc) is 3.14. The lowest BCUT2D eigenvalue weighted by Gasteiger charge is -2.08. The van der Waals surface area contributed by atoms with Gasteiger partial charge in [0.25, 0.3) is 11.8 Å². The molecule has 2 N–H and O–H groups in total. The van der Waals surface area contributed by atoms with Gasteiger partial charge in [0.05, 0.1) is 0 Å². The van der Waals surface area contributed by atoms with Crippen molar-refractivity contribution >= 4 is 39.1 Å². The number of halogens is 1. The highest BCUT2D eigenvalue weighted by molar-refractivity contribution is 9.10. The fourth-order valence-electron chi connectivity index (χ4n) is 2.32. The normalized spacial score (nSPS) is 10.0. The van der Waals surface area contributed by atoms with E-state index in [9.17, 15) is 9.59 Å². The SMILES string of the molecule is N#CCOc1ccc(NC(=O)c2cccc(NC(=O)c3ccc(Br)o3)c2)cc1. The molecule has 3 rings (SSSR count). The van der Waals surface area contributed by atoms with E-state index in [2.05, 4.69) is 26.6 Å². The van der Waals surface area contributed by atoms with Crippen molar-refractivity contribution in [2.75, 3.05) is 17.2 Å². The van der Waals surface area contributed by atoms with Crippen LogP contribution in [0.4, 0.5) is 11.4 Å². The van der Waals surface area contributed by atoms with Crippen molar-refractivity contribution in [1.29, 1.82) is 5.26 Å². The van der Waals surface area contributed by atoms with Crippen LogP contribution >= 0.6 is 15.9 Å². The molecule has 0 saturated carbocycles. The highest BCUT2D eigenvalue weighted by atomic mass is 79.9. The smallest absolute Gasteiger partial charge is 0.291 e. The number of anilines is 2. The summed E-state index contributed by atoms with van der Waals surface area (Å²) in [5, 5.41) is 13.9. The predicted molar refractivity (Wildman–Crippen MR) is 106 cm³/mol. The van der Waals surface area contributed by atoms with E-state index < -0.39 is 5.91 Å². The monoisotopic (exact) mass is 439 g/mol. The van der Waals surface area contributed by atoms with Gasteiger partial charge >= 0.3 is 0 Å². The van der Waals surface area contributed by atoms with Gasteiger partial charge < -0.3 is 19.8 Å². The Kier molecular flexibility index (Phi) is 6.09. The first-order valence-electron chi connectivity index (χ1n) is 8.13. The Labute approximate surface area is 169 Å². The number of carbonyl (C=O) groups excluding carboxylic acids is 2. The first-order valence-corrected chi connectivity index (χ1v) is 8.92. The van der Waals surface area contributed by atoms with Gasteiger partial charge in [-0.2, -0.15) is 5.26 Å². The molecule has 2 amide bonds. The van der Waals surface area contributed by atoms with Crippen LogP contribution in [0.15, 0.2) is 69.8 Å². The summed E-state index contributed by atoms with van der Waals surface area (Å²) in [6, 6.07) is 18.3. The number of furan rings is 1. The molecule has 0 aliphatic carbocycles. The van der Waals surface area contributed by atoms with Gasteiger partial charge in [0.15, 0.2) is 17.0 Å². The zero-order valence-electron chi connectivity index (χ0n) is 14.4. The van der Waals surface area contributed by atoms with Gasteiger partial charge in [-0.25, -0.2) is 0 Å². The summed E-state index contributed by atoms with van der Waals surface area (Å²) in [6.45, 7) is -0.0425. The number of ether oxygens (including phenoxy) is 1. The van der Waals surface area contributed by atoms with Gasteiger partial charge in [-0.3, -0.25) is 9.59 Å². The van der Waals surface area contributed by atoms with Crippen LogP contribution in [0.5, 0.6) is 5.75 Å². The number of nitriles is 1. The molecular formula is C20H14BrN3O4. The molecule has 0 spiro atoms. The van der Waals surface area contributed by atoms with E-state index in [0.29, 0.717) is 27.4 Å². The van der Waals surface area contributed by atoms with Crippen LogP contribution in [0.3, 0.4) is 0 Å². The van der Waals surface area contributed by atoms with Crippen molar-refractivity contribution in [2.45, 2.75) is 0 Å². The molecule has 0 aliphatic heterocycles. The molecule has 140 valence electrons. The number of amides is 2. The van der Waals surface area contributed by atoms with Crippen LogP contribution in [-0.2, 0) is 0 Å². The van der Waals surface area contributed by atoms with Gasteiger partial charge in [-0.1, -0.05) is 6.07 Å².